The average molecular weight is 618 g/mol. The van der Waals surface area contributed by atoms with Gasteiger partial charge in [0.1, 0.15) is 22.3 Å². The summed E-state index contributed by atoms with van der Waals surface area (Å²) in [7, 11) is 0. The Morgan fingerprint density at radius 2 is 1.21 bits per heavy atom. The van der Waals surface area contributed by atoms with Crippen molar-refractivity contribution >= 4 is 60.2 Å². The zero-order valence-electron chi connectivity index (χ0n) is 25.9. The summed E-state index contributed by atoms with van der Waals surface area (Å²) in [4.78, 5) is 15.0. The number of allylic oxidation sites excluding steroid dienone is 4. The van der Waals surface area contributed by atoms with Gasteiger partial charge in [-0.3, -0.25) is 0 Å². The lowest BCUT2D eigenvalue weighted by Crippen LogP contribution is -2.00. The standard InChI is InChI=1S/C43H27N3O2/c1-3-11-26(12-4-1)34-23-28-15-7-8-16-31(28)40-39(34)33-21-19-30(25-38(33)48-40)43-45-41(27-13-5-2-6-14-27)44-42(46-43)29-20-22-37-35(24-29)32-17-9-10-18-36(32)47-37/h1-3,5-11,13-25H,4,12H2. The van der Waals surface area contributed by atoms with Gasteiger partial charge in [0.2, 0.25) is 0 Å². The number of nitrogens with zero attached hydrogens (tertiary/aromatic N) is 3. The maximum absolute atomic E-state index is 6.74. The fourth-order valence-electron chi connectivity index (χ4n) is 7.05. The molecule has 1 aliphatic rings. The molecule has 226 valence electrons. The van der Waals surface area contributed by atoms with Gasteiger partial charge in [-0.25, -0.2) is 15.0 Å². The summed E-state index contributed by atoms with van der Waals surface area (Å²) in [6.45, 7) is 0. The highest BCUT2D eigenvalue weighted by molar-refractivity contribution is 6.19. The van der Waals surface area contributed by atoms with Crippen LogP contribution < -0.4 is 0 Å². The first-order valence-electron chi connectivity index (χ1n) is 16.2. The van der Waals surface area contributed by atoms with E-state index in [9.17, 15) is 0 Å². The predicted molar refractivity (Wildman–Crippen MR) is 195 cm³/mol. The first-order chi connectivity index (χ1) is 23.8. The monoisotopic (exact) mass is 617 g/mol. The zero-order valence-corrected chi connectivity index (χ0v) is 25.9. The van der Waals surface area contributed by atoms with E-state index in [1.165, 1.54) is 16.5 Å². The molecule has 0 saturated carbocycles. The molecule has 0 fully saturated rings. The van der Waals surface area contributed by atoms with Gasteiger partial charge in [0.25, 0.3) is 0 Å². The van der Waals surface area contributed by atoms with E-state index in [2.05, 4.69) is 78.9 Å². The van der Waals surface area contributed by atoms with E-state index in [1.54, 1.807) is 0 Å². The molecule has 0 aliphatic heterocycles. The summed E-state index contributed by atoms with van der Waals surface area (Å²) in [6, 6.07) is 41.4. The van der Waals surface area contributed by atoms with E-state index in [0.717, 1.165) is 78.8 Å². The lowest BCUT2D eigenvalue weighted by atomic mass is 9.91. The maximum atomic E-state index is 6.74. The number of rotatable bonds is 4. The smallest absolute Gasteiger partial charge is 0.164 e. The third kappa shape index (κ3) is 4.28. The minimum absolute atomic E-state index is 0.587. The number of aromatic nitrogens is 3. The van der Waals surface area contributed by atoms with Crippen LogP contribution in [0.2, 0.25) is 0 Å². The fourth-order valence-corrected chi connectivity index (χ4v) is 7.05. The number of hydrogen-bond acceptors (Lipinski definition) is 5. The molecule has 5 nitrogen and oxygen atoms in total. The minimum Gasteiger partial charge on any atom is -0.456 e. The molecule has 0 spiro atoms. The summed E-state index contributed by atoms with van der Waals surface area (Å²) in [5.41, 5.74) is 8.65. The van der Waals surface area contributed by atoms with Crippen LogP contribution in [0.3, 0.4) is 0 Å². The molecule has 3 heterocycles. The second-order valence-electron chi connectivity index (χ2n) is 12.3. The summed E-state index contributed by atoms with van der Waals surface area (Å²) in [5, 5.41) is 6.61. The maximum Gasteiger partial charge on any atom is 0.164 e. The molecule has 6 aromatic carbocycles. The van der Waals surface area contributed by atoms with E-state index in [-0.39, 0.29) is 0 Å². The highest BCUT2D eigenvalue weighted by atomic mass is 16.3. The van der Waals surface area contributed by atoms with Crippen molar-refractivity contribution in [3.05, 3.63) is 145 Å². The van der Waals surface area contributed by atoms with E-state index in [0.29, 0.717) is 17.5 Å². The van der Waals surface area contributed by atoms with Gasteiger partial charge in [0.15, 0.2) is 17.5 Å². The van der Waals surface area contributed by atoms with Gasteiger partial charge in [-0.05, 0) is 71.8 Å². The van der Waals surface area contributed by atoms with Crippen LogP contribution in [-0.2, 0) is 0 Å². The van der Waals surface area contributed by atoms with Crippen LogP contribution in [0.5, 0.6) is 0 Å². The van der Waals surface area contributed by atoms with Gasteiger partial charge >= 0.3 is 0 Å². The number of furan rings is 2. The van der Waals surface area contributed by atoms with Crippen LogP contribution in [-0.4, -0.2) is 15.0 Å². The van der Waals surface area contributed by atoms with E-state index in [1.807, 2.05) is 60.7 Å². The quantitative estimate of drug-likeness (QED) is 0.197. The number of benzene rings is 6. The first kappa shape index (κ1) is 26.8. The fraction of sp³-hybridized carbons (Fsp3) is 0.0465. The third-order valence-electron chi connectivity index (χ3n) is 9.38. The Labute approximate surface area is 275 Å². The second-order valence-corrected chi connectivity index (χ2v) is 12.3. The van der Waals surface area contributed by atoms with Crippen LogP contribution in [0.1, 0.15) is 18.4 Å². The Hall–Kier alpha value is -6.33. The Morgan fingerprint density at radius 1 is 0.500 bits per heavy atom. The molecule has 0 saturated heterocycles. The Morgan fingerprint density at radius 3 is 2.04 bits per heavy atom. The number of para-hydroxylation sites is 1. The molecular formula is C43H27N3O2. The molecule has 0 atom stereocenters. The number of fused-ring (bicyclic) bond motifs is 8. The summed E-state index contributed by atoms with van der Waals surface area (Å²) in [6.07, 6.45) is 8.67. The van der Waals surface area contributed by atoms with Gasteiger partial charge in [-0.2, -0.15) is 0 Å². The molecule has 0 N–H and O–H groups in total. The zero-order chi connectivity index (χ0) is 31.6. The van der Waals surface area contributed by atoms with E-state index >= 15 is 0 Å². The van der Waals surface area contributed by atoms with Gasteiger partial charge in [-0.15, -0.1) is 0 Å². The van der Waals surface area contributed by atoms with Crippen molar-refractivity contribution in [3.63, 3.8) is 0 Å². The predicted octanol–water partition coefficient (Wildman–Crippen LogP) is 11.6. The largest absolute Gasteiger partial charge is 0.456 e. The van der Waals surface area contributed by atoms with Gasteiger partial charge < -0.3 is 8.83 Å². The molecule has 0 unspecified atom stereocenters. The molecule has 0 radical (unpaired) electrons. The van der Waals surface area contributed by atoms with Crippen molar-refractivity contribution in [2.45, 2.75) is 12.8 Å². The van der Waals surface area contributed by atoms with Crippen LogP contribution in [0.15, 0.2) is 148 Å². The SMILES string of the molecule is C1=CCCC(c2cc3ccccc3c3oc4cc(-c5nc(-c6ccccc6)nc(-c6ccc7oc8ccccc8c7c6)n5)ccc4c23)=C1. The van der Waals surface area contributed by atoms with E-state index < -0.39 is 0 Å². The normalized spacial score (nSPS) is 13.3. The van der Waals surface area contributed by atoms with Crippen LogP contribution in [0.4, 0.5) is 0 Å². The van der Waals surface area contributed by atoms with Crippen LogP contribution >= 0.6 is 0 Å². The summed E-state index contributed by atoms with van der Waals surface area (Å²) < 4.78 is 12.8. The van der Waals surface area contributed by atoms with Crippen LogP contribution in [0, 0.1) is 0 Å². The second kappa shape index (κ2) is 10.6. The lowest BCUT2D eigenvalue weighted by molar-refractivity contribution is 0.669. The molecule has 48 heavy (non-hydrogen) atoms. The highest BCUT2D eigenvalue weighted by Gasteiger charge is 2.20. The summed E-state index contributed by atoms with van der Waals surface area (Å²) in [5.74, 6) is 1.80. The molecule has 3 aromatic heterocycles. The van der Waals surface area contributed by atoms with Gasteiger partial charge in [0.05, 0.1) is 0 Å². The molecule has 5 heteroatoms. The summed E-state index contributed by atoms with van der Waals surface area (Å²) >= 11 is 0. The highest BCUT2D eigenvalue weighted by Crippen LogP contribution is 2.42. The minimum atomic E-state index is 0.587. The van der Waals surface area contributed by atoms with Crippen molar-refractivity contribution in [1.29, 1.82) is 0 Å². The molecule has 0 amide bonds. The van der Waals surface area contributed by atoms with Crippen LogP contribution in [0.25, 0.3) is 94.4 Å². The van der Waals surface area contributed by atoms with E-state index in [4.69, 9.17) is 23.8 Å². The van der Waals surface area contributed by atoms with Gasteiger partial charge in [-0.1, -0.05) is 97.1 Å². The Balaban J connectivity index is 1.18. The van der Waals surface area contributed by atoms with Crippen molar-refractivity contribution in [1.82, 2.24) is 15.0 Å². The third-order valence-corrected chi connectivity index (χ3v) is 9.38. The van der Waals surface area contributed by atoms with Crippen molar-refractivity contribution < 1.29 is 8.83 Å². The molecule has 0 bridgehead atoms. The Kier molecular flexibility index (Phi) is 5.93. The van der Waals surface area contributed by atoms with Crippen molar-refractivity contribution in [2.75, 3.05) is 0 Å². The topological polar surface area (TPSA) is 65.0 Å². The first-order valence-corrected chi connectivity index (χ1v) is 16.2. The molecular weight excluding hydrogens is 590 g/mol. The Bertz CT molecular complexity index is 2790. The molecule has 1 aliphatic carbocycles. The molecule has 10 rings (SSSR count). The lowest BCUT2D eigenvalue weighted by Gasteiger charge is -2.12. The number of hydrogen-bond donors (Lipinski definition) is 0. The van der Waals surface area contributed by atoms with Crippen molar-refractivity contribution in [2.24, 2.45) is 0 Å². The molecule has 9 aromatic rings. The van der Waals surface area contributed by atoms with Crippen molar-refractivity contribution in [3.8, 4) is 34.2 Å². The van der Waals surface area contributed by atoms with Gasteiger partial charge in [0, 0.05) is 43.6 Å². The average Bonchev–Trinajstić information content (AvgIpc) is 3.73.